The largest absolute Gasteiger partial charge is 0.481 e. The van der Waals surface area contributed by atoms with Gasteiger partial charge in [-0.15, -0.1) is 0 Å². The molecule has 0 unspecified atom stereocenters. The summed E-state index contributed by atoms with van der Waals surface area (Å²) in [6.07, 6.45) is 5.84. The second kappa shape index (κ2) is 4.81. The Balaban J connectivity index is 1.57. The summed E-state index contributed by atoms with van der Waals surface area (Å²) >= 11 is 0. The predicted octanol–water partition coefficient (Wildman–Crippen LogP) is 0.663. The first kappa shape index (κ1) is 13.0. The van der Waals surface area contributed by atoms with Gasteiger partial charge in [0.05, 0.1) is 12.0 Å². The normalized spacial score (nSPS) is 19.9. The number of hydrogen-bond donors (Lipinski definition) is 2. The number of fused-ring (bicyclic) bond motifs is 1. The fourth-order valence-corrected chi connectivity index (χ4v) is 2.77. The van der Waals surface area contributed by atoms with Crippen LogP contribution in [0.3, 0.4) is 0 Å². The highest BCUT2D eigenvalue weighted by molar-refractivity contribution is 5.79. The molecule has 2 amide bonds. The maximum absolute atomic E-state index is 12.1. The predicted molar refractivity (Wildman–Crippen MR) is 70.0 cm³/mol. The highest BCUT2D eigenvalue weighted by Gasteiger charge is 2.44. The molecular weight excluding hydrogens is 260 g/mol. The maximum Gasteiger partial charge on any atom is 0.317 e. The number of hydrogen-bond acceptors (Lipinski definition) is 3. The average molecular weight is 278 g/mol. The van der Waals surface area contributed by atoms with Crippen molar-refractivity contribution in [2.45, 2.75) is 32.4 Å². The summed E-state index contributed by atoms with van der Waals surface area (Å²) in [5.41, 5.74) is -0.746. The molecule has 0 bridgehead atoms. The third-order valence-corrected chi connectivity index (χ3v) is 4.37. The van der Waals surface area contributed by atoms with E-state index in [0.717, 1.165) is 18.8 Å². The Bertz CT molecular complexity index is 535. The van der Waals surface area contributed by atoms with Crippen LogP contribution in [0.4, 0.5) is 4.79 Å². The number of imidazole rings is 1. The molecule has 1 aliphatic heterocycles. The molecule has 0 aromatic carbocycles. The van der Waals surface area contributed by atoms with E-state index < -0.39 is 11.4 Å². The third kappa shape index (κ3) is 2.13. The Morgan fingerprint density at radius 3 is 2.85 bits per heavy atom. The van der Waals surface area contributed by atoms with Crippen LogP contribution in [0.25, 0.3) is 0 Å². The number of aliphatic carboxylic acids is 1. The van der Waals surface area contributed by atoms with Gasteiger partial charge in [0.15, 0.2) is 0 Å². The Labute approximate surface area is 116 Å². The van der Waals surface area contributed by atoms with Crippen molar-refractivity contribution in [3.8, 4) is 0 Å². The topological polar surface area (TPSA) is 87.5 Å². The van der Waals surface area contributed by atoms with E-state index in [1.165, 1.54) is 0 Å². The molecule has 0 radical (unpaired) electrons. The van der Waals surface area contributed by atoms with Gasteiger partial charge in [0.1, 0.15) is 5.82 Å². The van der Waals surface area contributed by atoms with Crippen molar-refractivity contribution in [1.29, 1.82) is 0 Å². The van der Waals surface area contributed by atoms with Crippen LogP contribution < -0.4 is 5.32 Å². The SMILES string of the molecule is O=C(NCC1(C(=O)O)CCC1)N1CCn2ccnc2C1. The number of carbonyl (C=O) groups excluding carboxylic acids is 1. The van der Waals surface area contributed by atoms with E-state index in [-0.39, 0.29) is 12.6 Å². The van der Waals surface area contributed by atoms with E-state index in [2.05, 4.69) is 10.3 Å². The van der Waals surface area contributed by atoms with Crippen LogP contribution in [0.2, 0.25) is 0 Å². The van der Waals surface area contributed by atoms with Gasteiger partial charge in [0, 0.05) is 32.0 Å². The first-order chi connectivity index (χ1) is 9.61. The van der Waals surface area contributed by atoms with Crippen LogP contribution >= 0.6 is 0 Å². The van der Waals surface area contributed by atoms with Gasteiger partial charge in [-0.2, -0.15) is 0 Å². The molecule has 1 saturated carbocycles. The standard InChI is InChI=1S/C13H18N4O3/c18-11(19)13(2-1-3-13)9-15-12(20)17-7-6-16-5-4-14-10(16)8-17/h4-5H,1-3,6-9H2,(H,15,20)(H,18,19). The van der Waals surface area contributed by atoms with Crippen molar-refractivity contribution >= 4 is 12.0 Å². The number of nitrogens with zero attached hydrogens (tertiary/aromatic N) is 3. The lowest BCUT2D eigenvalue weighted by Crippen LogP contribution is -2.51. The first-order valence-corrected chi connectivity index (χ1v) is 6.87. The molecule has 1 fully saturated rings. The first-order valence-electron chi connectivity index (χ1n) is 6.87. The van der Waals surface area contributed by atoms with Gasteiger partial charge in [-0.05, 0) is 12.8 Å². The number of carbonyl (C=O) groups is 2. The molecule has 2 N–H and O–H groups in total. The molecule has 7 nitrogen and oxygen atoms in total. The highest BCUT2D eigenvalue weighted by Crippen LogP contribution is 2.40. The minimum absolute atomic E-state index is 0.202. The molecular formula is C13H18N4O3. The molecule has 20 heavy (non-hydrogen) atoms. The molecule has 7 heteroatoms. The Morgan fingerprint density at radius 2 is 2.20 bits per heavy atom. The van der Waals surface area contributed by atoms with Gasteiger partial charge in [0.2, 0.25) is 0 Å². The summed E-state index contributed by atoms with van der Waals surface area (Å²) in [6, 6.07) is -0.202. The molecule has 0 atom stereocenters. The number of aromatic nitrogens is 2. The number of rotatable bonds is 3. The summed E-state index contributed by atoms with van der Waals surface area (Å²) in [5.74, 6) is 0.0567. The number of nitrogens with one attached hydrogen (secondary N) is 1. The Morgan fingerprint density at radius 1 is 1.40 bits per heavy atom. The third-order valence-electron chi connectivity index (χ3n) is 4.37. The summed E-state index contributed by atoms with van der Waals surface area (Å²) in [4.78, 5) is 29.2. The molecule has 2 heterocycles. The van der Waals surface area contributed by atoms with E-state index >= 15 is 0 Å². The van der Waals surface area contributed by atoms with E-state index in [4.69, 9.17) is 0 Å². The number of amides is 2. The smallest absolute Gasteiger partial charge is 0.317 e. The number of urea groups is 1. The fraction of sp³-hybridized carbons (Fsp3) is 0.615. The summed E-state index contributed by atoms with van der Waals surface area (Å²) in [5, 5.41) is 12.0. The Kier molecular flexibility index (Phi) is 3.11. The van der Waals surface area contributed by atoms with Crippen LogP contribution in [-0.4, -0.2) is 44.6 Å². The maximum atomic E-state index is 12.1. The van der Waals surface area contributed by atoms with Crippen molar-refractivity contribution in [2.75, 3.05) is 13.1 Å². The molecule has 1 aromatic rings. The lowest BCUT2D eigenvalue weighted by molar-refractivity contribution is -0.153. The van der Waals surface area contributed by atoms with Crippen molar-refractivity contribution in [3.63, 3.8) is 0 Å². The van der Waals surface area contributed by atoms with Crippen LogP contribution in [0, 0.1) is 5.41 Å². The molecule has 1 aromatic heterocycles. The highest BCUT2D eigenvalue weighted by atomic mass is 16.4. The number of carboxylic acids is 1. The average Bonchev–Trinajstić information content (AvgIpc) is 2.83. The van der Waals surface area contributed by atoms with Crippen molar-refractivity contribution in [1.82, 2.24) is 19.8 Å². The van der Waals surface area contributed by atoms with E-state index in [1.54, 1.807) is 11.1 Å². The lowest BCUT2D eigenvalue weighted by atomic mass is 9.69. The van der Waals surface area contributed by atoms with Crippen molar-refractivity contribution in [2.24, 2.45) is 5.41 Å². The van der Waals surface area contributed by atoms with Crippen LogP contribution in [0.1, 0.15) is 25.1 Å². The molecule has 2 aliphatic rings. The van der Waals surface area contributed by atoms with Gasteiger partial charge >= 0.3 is 12.0 Å². The van der Waals surface area contributed by atoms with Crippen LogP contribution in [0.5, 0.6) is 0 Å². The second-order valence-electron chi connectivity index (χ2n) is 5.56. The summed E-state index contributed by atoms with van der Waals surface area (Å²) in [6.45, 7) is 2.03. The second-order valence-corrected chi connectivity index (χ2v) is 5.56. The quantitative estimate of drug-likeness (QED) is 0.850. The molecule has 3 rings (SSSR count). The zero-order valence-corrected chi connectivity index (χ0v) is 11.2. The van der Waals surface area contributed by atoms with E-state index in [0.29, 0.717) is 25.9 Å². The number of carboxylic acid groups (broad SMARTS) is 1. The molecule has 0 saturated heterocycles. The summed E-state index contributed by atoms with van der Waals surface area (Å²) in [7, 11) is 0. The minimum Gasteiger partial charge on any atom is -0.481 e. The molecule has 1 aliphatic carbocycles. The van der Waals surface area contributed by atoms with Crippen LogP contribution in [0.15, 0.2) is 12.4 Å². The zero-order chi connectivity index (χ0) is 14.2. The Hall–Kier alpha value is -2.05. The monoisotopic (exact) mass is 278 g/mol. The van der Waals surface area contributed by atoms with Gasteiger partial charge in [-0.25, -0.2) is 9.78 Å². The minimum atomic E-state index is -0.807. The van der Waals surface area contributed by atoms with Gasteiger partial charge < -0.3 is 19.9 Å². The van der Waals surface area contributed by atoms with E-state index in [1.807, 2.05) is 10.8 Å². The zero-order valence-electron chi connectivity index (χ0n) is 11.2. The van der Waals surface area contributed by atoms with Gasteiger partial charge in [0.25, 0.3) is 0 Å². The van der Waals surface area contributed by atoms with E-state index in [9.17, 15) is 14.7 Å². The van der Waals surface area contributed by atoms with Gasteiger partial charge in [-0.1, -0.05) is 6.42 Å². The lowest BCUT2D eigenvalue weighted by Gasteiger charge is -2.38. The van der Waals surface area contributed by atoms with Gasteiger partial charge in [-0.3, -0.25) is 4.79 Å². The molecule has 0 spiro atoms. The summed E-state index contributed by atoms with van der Waals surface area (Å²) < 4.78 is 2.02. The van der Waals surface area contributed by atoms with Crippen LogP contribution in [-0.2, 0) is 17.9 Å². The molecule has 108 valence electrons. The fourth-order valence-electron chi connectivity index (χ4n) is 2.77. The van der Waals surface area contributed by atoms with Crippen molar-refractivity contribution < 1.29 is 14.7 Å². The van der Waals surface area contributed by atoms with Crippen molar-refractivity contribution in [3.05, 3.63) is 18.2 Å².